The second kappa shape index (κ2) is 5.61. The second-order valence-electron chi connectivity index (χ2n) is 3.69. The van der Waals surface area contributed by atoms with Gasteiger partial charge in [-0.25, -0.2) is 0 Å². The van der Waals surface area contributed by atoms with Crippen molar-refractivity contribution in [3.05, 3.63) is 47.5 Å². The van der Waals surface area contributed by atoms with Gasteiger partial charge in [0.05, 0.1) is 0 Å². The van der Waals surface area contributed by atoms with Crippen LogP contribution in [0, 0.1) is 6.92 Å². The summed E-state index contributed by atoms with van der Waals surface area (Å²) in [6, 6.07) is 8.62. The van der Waals surface area contributed by atoms with E-state index in [4.69, 9.17) is 0 Å². The second-order valence-corrected chi connectivity index (χ2v) is 3.69. The highest BCUT2D eigenvalue weighted by Gasteiger charge is 1.93. The molecular formula is C13H19N. The minimum Gasteiger partial charge on any atom is -0.309 e. The summed E-state index contributed by atoms with van der Waals surface area (Å²) in [6.07, 6.45) is 1.06. The van der Waals surface area contributed by atoms with Crippen LogP contribution in [0.1, 0.15) is 24.5 Å². The molecule has 0 fully saturated rings. The summed E-state index contributed by atoms with van der Waals surface area (Å²) >= 11 is 0. The Kier molecular flexibility index (Phi) is 4.41. The normalized spacial score (nSPS) is 10.1. The van der Waals surface area contributed by atoms with Gasteiger partial charge in [-0.1, -0.05) is 48.9 Å². The van der Waals surface area contributed by atoms with Crippen molar-refractivity contribution in [1.82, 2.24) is 5.32 Å². The molecule has 1 heteroatoms. The molecule has 0 saturated heterocycles. The third-order valence-electron chi connectivity index (χ3n) is 2.32. The molecule has 0 heterocycles. The molecule has 1 N–H and O–H groups in total. The fourth-order valence-electron chi connectivity index (χ4n) is 1.21. The molecule has 0 atom stereocenters. The van der Waals surface area contributed by atoms with Crippen molar-refractivity contribution >= 4 is 0 Å². The first-order valence-corrected chi connectivity index (χ1v) is 5.15. The third kappa shape index (κ3) is 3.75. The van der Waals surface area contributed by atoms with Crippen molar-refractivity contribution in [1.29, 1.82) is 0 Å². The van der Waals surface area contributed by atoms with Gasteiger partial charge in [0.25, 0.3) is 0 Å². The Hall–Kier alpha value is -1.08. The summed E-state index contributed by atoms with van der Waals surface area (Å²) < 4.78 is 0. The lowest BCUT2D eigenvalue weighted by Gasteiger charge is -2.06. The molecular weight excluding hydrogens is 170 g/mol. The highest BCUT2D eigenvalue weighted by molar-refractivity contribution is 5.21. The number of hydrogen-bond acceptors (Lipinski definition) is 1. The van der Waals surface area contributed by atoms with E-state index >= 15 is 0 Å². The van der Waals surface area contributed by atoms with Crippen LogP contribution in [0.4, 0.5) is 0 Å². The van der Waals surface area contributed by atoms with E-state index in [1.807, 2.05) is 0 Å². The Bertz CT molecular complexity index is 285. The Morgan fingerprint density at radius 2 is 1.93 bits per heavy atom. The standard InChI is InChI=1S/C13H19N/c1-4-11(2)9-14-10-13-7-5-12(3)6-8-13/h5-8,14H,2,4,9-10H2,1,3H3. The minimum atomic E-state index is 0.921. The van der Waals surface area contributed by atoms with Crippen molar-refractivity contribution in [3.63, 3.8) is 0 Å². The summed E-state index contributed by atoms with van der Waals surface area (Å²) in [5, 5.41) is 3.37. The molecule has 1 rings (SSSR count). The van der Waals surface area contributed by atoms with Crippen LogP contribution in [-0.2, 0) is 6.54 Å². The van der Waals surface area contributed by atoms with E-state index in [1.165, 1.54) is 16.7 Å². The van der Waals surface area contributed by atoms with E-state index in [0.29, 0.717) is 0 Å². The van der Waals surface area contributed by atoms with E-state index in [0.717, 1.165) is 19.5 Å². The van der Waals surface area contributed by atoms with Crippen molar-refractivity contribution in [3.8, 4) is 0 Å². The van der Waals surface area contributed by atoms with E-state index < -0.39 is 0 Å². The van der Waals surface area contributed by atoms with Crippen LogP contribution in [0.5, 0.6) is 0 Å². The zero-order valence-corrected chi connectivity index (χ0v) is 9.14. The minimum absolute atomic E-state index is 0.921. The topological polar surface area (TPSA) is 12.0 Å². The summed E-state index contributed by atoms with van der Waals surface area (Å²) in [5.41, 5.74) is 3.91. The molecule has 0 saturated carbocycles. The SMILES string of the molecule is C=C(CC)CNCc1ccc(C)cc1. The Labute approximate surface area is 86.8 Å². The molecule has 0 amide bonds. The van der Waals surface area contributed by atoms with Gasteiger partial charge in [-0.3, -0.25) is 0 Å². The maximum atomic E-state index is 3.96. The van der Waals surface area contributed by atoms with E-state index in [1.54, 1.807) is 0 Å². The predicted octanol–water partition coefficient (Wildman–Crippen LogP) is 3.05. The van der Waals surface area contributed by atoms with E-state index in [2.05, 4.69) is 50.0 Å². The summed E-state index contributed by atoms with van der Waals surface area (Å²) in [5.74, 6) is 0. The predicted molar refractivity (Wildman–Crippen MR) is 62.3 cm³/mol. The maximum Gasteiger partial charge on any atom is 0.0208 e. The van der Waals surface area contributed by atoms with Gasteiger partial charge in [0, 0.05) is 13.1 Å². The number of rotatable bonds is 5. The van der Waals surface area contributed by atoms with Gasteiger partial charge >= 0.3 is 0 Å². The molecule has 0 radical (unpaired) electrons. The molecule has 0 aromatic heterocycles. The molecule has 0 spiro atoms. The lowest BCUT2D eigenvalue weighted by Crippen LogP contribution is -2.15. The number of nitrogens with one attached hydrogen (secondary N) is 1. The highest BCUT2D eigenvalue weighted by Crippen LogP contribution is 2.02. The average Bonchev–Trinajstić information content (AvgIpc) is 2.21. The lowest BCUT2D eigenvalue weighted by atomic mass is 10.1. The summed E-state index contributed by atoms with van der Waals surface area (Å²) in [7, 11) is 0. The number of hydrogen-bond donors (Lipinski definition) is 1. The first-order chi connectivity index (χ1) is 6.72. The van der Waals surface area contributed by atoms with Crippen LogP contribution in [-0.4, -0.2) is 6.54 Å². The van der Waals surface area contributed by atoms with Crippen LogP contribution < -0.4 is 5.32 Å². The van der Waals surface area contributed by atoms with Gasteiger partial charge < -0.3 is 5.32 Å². The lowest BCUT2D eigenvalue weighted by molar-refractivity contribution is 0.727. The highest BCUT2D eigenvalue weighted by atomic mass is 14.8. The fraction of sp³-hybridized carbons (Fsp3) is 0.385. The van der Waals surface area contributed by atoms with Crippen LogP contribution in [0.15, 0.2) is 36.4 Å². The van der Waals surface area contributed by atoms with E-state index in [-0.39, 0.29) is 0 Å². The third-order valence-corrected chi connectivity index (χ3v) is 2.32. The van der Waals surface area contributed by atoms with Crippen LogP contribution in [0.3, 0.4) is 0 Å². The van der Waals surface area contributed by atoms with Gasteiger partial charge in [-0.05, 0) is 18.9 Å². The van der Waals surface area contributed by atoms with Crippen molar-refractivity contribution in [2.45, 2.75) is 26.8 Å². The first kappa shape index (κ1) is 11.0. The van der Waals surface area contributed by atoms with Gasteiger partial charge in [-0.15, -0.1) is 0 Å². The van der Waals surface area contributed by atoms with Gasteiger partial charge in [-0.2, -0.15) is 0 Å². The van der Waals surface area contributed by atoms with Gasteiger partial charge in [0.2, 0.25) is 0 Å². The van der Waals surface area contributed by atoms with E-state index in [9.17, 15) is 0 Å². The fourth-order valence-corrected chi connectivity index (χ4v) is 1.21. The molecule has 0 aliphatic heterocycles. The molecule has 76 valence electrons. The Morgan fingerprint density at radius 1 is 1.29 bits per heavy atom. The molecule has 1 aromatic carbocycles. The molecule has 1 nitrogen and oxygen atoms in total. The number of benzene rings is 1. The van der Waals surface area contributed by atoms with Crippen LogP contribution in [0.2, 0.25) is 0 Å². The largest absolute Gasteiger partial charge is 0.309 e. The van der Waals surface area contributed by atoms with Crippen LogP contribution >= 0.6 is 0 Å². The van der Waals surface area contributed by atoms with Crippen LogP contribution in [0.25, 0.3) is 0 Å². The smallest absolute Gasteiger partial charge is 0.0208 e. The zero-order chi connectivity index (χ0) is 10.4. The zero-order valence-electron chi connectivity index (χ0n) is 9.14. The van der Waals surface area contributed by atoms with Gasteiger partial charge in [0.1, 0.15) is 0 Å². The van der Waals surface area contributed by atoms with Crippen molar-refractivity contribution in [2.24, 2.45) is 0 Å². The van der Waals surface area contributed by atoms with Gasteiger partial charge in [0.15, 0.2) is 0 Å². The average molecular weight is 189 g/mol. The Morgan fingerprint density at radius 3 is 2.50 bits per heavy atom. The molecule has 0 aliphatic carbocycles. The molecule has 14 heavy (non-hydrogen) atoms. The Balaban J connectivity index is 2.31. The quantitative estimate of drug-likeness (QED) is 0.702. The van der Waals surface area contributed by atoms with Crippen molar-refractivity contribution < 1.29 is 0 Å². The van der Waals surface area contributed by atoms with Crippen molar-refractivity contribution in [2.75, 3.05) is 6.54 Å². The first-order valence-electron chi connectivity index (χ1n) is 5.15. The number of aryl methyl sites for hydroxylation is 1. The monoisotopic (exact) mass is 189 g/mol. The molecule has 0 bridgehead atoms. The molecule has 1 aromatic rings. The molecule has 0 aliphatic rings. The maximum absolute atomic E-state index is 3.96. The summed E-state index contributed by atoms with van der Waals surface area (Å²) in [4.78, 5) is 0. The summed E-state index contributed by atoms with van der Waals surface area (Å²) in [6.45, 7) is 10.0. The molecule has 0 unspecified atom stereocenters.